The van der Waals surface area contributed by atoms with Gasteiger partial charge in [0.15, 0.2) is 0 Å². The van der Waals surface area contributed by atoms with E-state index >= 15 is 0 Å². The molecule has 0 atom stereocenters. The van der Waals surface area contributed by atoms with Crippen molar-refractivity contribution in [2.75, 3.05) is 4.90 Å². The Balaban J connectivity index is 1.08. The van der Waals surface area contributed by atoms with Gasteiger partial charge in [0.2, 0.25) is 0 Å². The van der Waals surface area contributed by atoms with E-state index in [4.69, 9.17) is 8.83 Å². The number of hydrogen-bond donors (Lipinski definition) is 0. The van der Waals surface area contributed by atoms with Gasteiger partial charge in [-0.05, 0) is 110 Å². The molecule has 3 nitrogen and oxygen atoms in total. The van der Waals surface area contributed by atoms with Gasteiger partial charge in [0.1, 0.15) is 22.3 Å². The lowest BCUT2D eigenvalue weighted by molar-refractivity contribution is 0.660. The molecule has 300 valence electrons. The SMILES string of the molecule is CC1(C)c2ccccc2-c2ccc(N(c3ccc4c(c3)C(C)(C)c3ccccc3-4)c3cccc4oc5c(-c6ccc(-c7ccccc7)cc6)c6c(cc5c34)oc3ccccc36)cc21. The minimum Gasteiger partial charge on any atom is -0.456 e. The topological polar surface area (TPSA) is 29.5 Å². The monoisotopic (exact) mass is 809 g/mol. The zero-order valence-corrected chi connectivity index (χ0v) is 35.7. The van der Waals surface area contributed by atoms with Crippen molar-refractivity contribution in [1.29, 1.82) is 0 Å². The summed E-state index contributed by atoms with van der Waals surface area (Å²) in [5, 5.41) is 4.19. The van der Waals surface area contributed by atoms with Crippen LogP contribution in [0.1, 0.15) is 49.9 Å². The average molecular weight is 810 g/mol. The summed E-state index contributed by atoms with van der Waals surface area (Å²) in [5.74, 6) is 0. The van der Waals surface area contributed by atoms with E-state index in [1.807, 2.05) is 6.07 Å². The van der Waals surface area contributed by atoms with E-state index < -0.39 is 0 Å². The number of furan rings is 2. The fourth-order valence-corrected chi connectivity index (χ4v) is 11.2. The van der Waals surface area contributed by atoms with Crippen molar-refractivity contribution in [2.24, 2.45) is 0 Å². The van der Waals surface area contributed by atoms with Crippen LogP contribution in [0.5, 0.6) is 0 Å². The molecule has 2 aliphatic carbocycles. The highest BCUT2D eigenvalue weighted by atomic mass is 16.3. The molecule has 0 unspecified atom stereocenters. The minimum atomic E-state index is -0.165. The Morgan fingerprint density at radius 2 is 0.905 bits per heavy atom. The van der Waals surface area contributed by atoms with Crippen LogP contribution in [0.4, 0.5) is 17.1 Å². The molecule has 11 aromatic rings. The number of para-hydroxylation sites is 1. The number of rotatable bonds is 5. The molecule has 0 saturated carbocycles. The number of nitrogens with zero attached hydrogens (tertiary/aromatic N) is 1. The summed E-state index contributed by atoms with van der Waals surface area (Å²) in [6.07, 6.45) is 0. The van der Waals surface area contributed by atoms with Crippen LogP contribution in [0.15, 0.2) is 197 Å². The average Bonchev–Trinajstić information content (AvgIpc) is 4.01. The highest BCUT2D eigenvalue weighted by molar-refractivity contribution is 6.25. The normalized spacial score (nSPS) is 14.3. The standard InChI is InChI=1S/C60H43NO2/c1-59(2)47-20-11-8-17-41(47)43-31-29-39(33-49(43)59)61(40-30-32-44-42-18-9-12-21-48(42)60(3,4)50(44)34-40)51-22-14-24-53-56(51)46-35-54-57(45-19-10-13-23-52(45)62-54)55(58(46)63-53)38-27-25-37(26-28-38)36-15-6-5-7-16-36/h5-35H,1-4H3. The maximum atomic E-state index is 7.17. The Labute approximate surface area is 366 Å². The third-order valence-electron chi connectivity index (χ3n) is 14.3. The molecule has 0 fully saturated rings. The van der Waals surface area contributed by atoms with Crippen molar-refractivity contribution >= 4 is 60.9 Å². The van der Waals surface area contributed by atoms with Gasteiger partial charge >= 0.3 is 0 Å². The summed E-state index contributed by atoms with van der Waals surface area (Å²) < 4.78 is 13.9. The molecule has 9 aromatic carbocycles. The van der Waals surface area contributed by atoms with Crippen molar-refractivity contribution in [2.45, 2.75) is 38.5 Å². The Bertz CT molecular complexity index is 3570. The second kappa shape index (κ2) is 13.0. The van der Waals surface area contributed by atoms with Crippen LogP contribution < -0.4 is 4.90 Å². The number of hydrogen-bond acceptors (Lipinski definition) is 3. The molecule has 3 heteroatoms. The van der Waals surface area contributed by atoms with Crippen molar-refractivity contribution in [3.8, 4) is 44.5 Å². The summed E-state index contributed by atoms with van der Waals surface area (Å²) in [7, 11) is 0. The Hall–Kier alpha value is -7.62. The zero-order valence-electron chi connectivity index (χ0n) is 35.7. The van der Waals surface area contributed by atoms with E-state index in [9.17, 15) is 0 Å². The van der Waals surface area contributed by atoms with Gasteiger partial charge in [-0.2, -0.15) is 0 Å². The first-order valence-electron chi connectivity index (χ1n) is 22.0. The fourth-order valence-electron chi connectivity index (χ4n) is 11.2. The quantitative estimate of drug-likeness (QED) is 0.173. The van der Waals surface area contributed by atoms with Crippen molar-refractivity contribution in [3.05, 3.63) is 210 Å². The van der Waals surface area contributed by atoms with Gasteiger partial charge in [-0.3, -0.25) is 0 Å². The predicted molar refractivity (Wildman–Crippen MR) is 262 cm³/mol. The highest BCUT2D eigenvalue weighted by Crippen LogP contribution is 2.55. The lowest BCUT2D eigenvalue weighted by Gasteiger charge is -2.30. The molecular weight excluding hydrogens is 767 g/mol. The molecule has 2 aliphatic rings. The van der Waals surface area contributed by atoms with Gasteiger partial charge in [0, 0.05) is 43.9 Å². The molecule has 0 radical (unpaired) electrons. The van der Waals surface area contributed by atoms with E-state index in [1.54, 1.807) is 0 Å². The molecule has 2 aromatic heterocycles. The third kappa shape index (κ3) is 5.08. The van der Waals surface area contributed by atoms with Crippen molar-refractivity contribution in [1.82, 2.24) is 0 Å². The molecule has 2 heterocycles. The maximum Gasteiger partial charge on any atom is 0.144 e. The summed E-state index contributed by atoms with van der Waals surface area (Å²) in [5.41, 5.74) is 21.4. The fraction of sp³-hybridized carbons (Fsp3) is 0.100. The third-order valence-corrected chi connectivity index (χ3v) is 14.3. The Morgan fingerprint density at radius 3 is 1.57 bits per heavy atom. The number of anilines is 3. The first kappa shape index (κ1) is 36.1. The Kier molecular flexibility index (Phi) is 7.42. The molecule has 0 amide bonds. The van der Waals surface area contributed by atoms with E-state index in [1.165, 1.54) is 55.6 Å². The van der Waals surface area contributed by atoms with Crippen LogP contribution in [-0.2, 0) is 10.8 Å². The number of benzene rings is 9. The smallest absolute Gasteiger partial charge is 0.144 e. The van der Waals surface area contributed by atoms with Crippen LogP contribution >= 0.6 is 0 Å². The molecule has 0 spiro atoms. The van der Waals surface area contributed by atoms with E-state index in [0.717, 1.165) is 72.1 Å². The second-order valence-corrected chi connectivity index (χ2v) is 18.4. The van der Waals surface area contributed by atoms with E-state index in [2.05, 4.69) is 215 Å². The Morgan fingerprint density at radius 1 is 0.365 bits per heavy atom. The van der Waals surface area contributed by atoms with Gasteiger partial charge in [-0.1, -0.05) is 167 Å². The molecule has 0 bridgehead atoms. The summed E-state index contributed by atoms with van der Waals surface area (Å²) in [6, 6.07) is 68.4. The first-order valence-corrected chi connectivity index (χ1v) is 22.0. The molecule has 13 rings (SSSR count). The van der Waals surface area contributed by atoms with Crippen LogP contribution in [0.2, 0.25) is 0 Å². The van der Waals surface area contributed by atoms with Gasteiger partial charge in [0.05, 0.1) is 11.1 Å². The molecule has 63 heavy (non-hydrogen) atoms. The van der Waals surface area contributed by atoms with Crippen LogP contribution in [0.25, 0.3) is 88.4 Å². The van der Waals surface area contributed by atoms with Gasteiger partial charge in [-0.15, -0.1) is 0 Å². The first-order chi connectivity index (χ1) is 30.8. The maximum absolute atomic E-state index is 7.17. The summed E-state index contributed by atoms with van der Waals surface area (Å²) >= 11 is 0. The highest BCUT2D eigenvalue weighted by Gasteiger charge is 2.38. The molecular formula is C60H43NO2. The summed E-state index contributed by atoms with van der Waals surface area (Å²) in [4.78, 5) is 2.47. The van der Waals surface area contributed by atoms with Crippen molar-refractivity contribution in [3.63, 3.8) is 0 Å². The molecule has 0 aliphatic heterocycles. The number of fused-ring (bicyclic) bond motifs is 12. The van der Waals surface area contributed by atoms with Gasteiger partial charge < -0.3 is 13.7 Å². The summed E-state index contributed by atoms with van der Waals surface area (Å²) in [6.45, 7) is 9.44. The predicted octanol–water partition coefficient (Wildman–Crippen LogP) is 16.9. The van der Waals surface area contributed by atoms with Crippen LogP contribution in [-0.4, -0.2) is 0 Å². The van der Waals surface area contributed by atoms with Gasteiger partial charge in [0.25, 0.3) is 0 Å². The molecule has 0 saturated heterocycles. The molecule has 0 N–H and O–H groups in total. The van der Waals surface area contributed by atoms with Crippen LogP contribution in [0.3, 0.4) is 0 Å². The van der Waals surface area contributed by atoms with E-state index in [-0.39, 0.29) is 10.8 Å². The van der Waals surface area contributed by atoms with E-state index in [0.29, 0.717) is 0 Å². The zero-order chi connectivity index (χ0) is 42.2. The van der Waals surface area contributed by atoms with Crippen LogP contribution in [0, 0.1) is 0 Å². The minimum absolute atomic E-state index is 0.165. The lowest BCUT2D eigenvalue weighted by atomic mass is 9.82. The lowest BCUT2D eigenvalue weighted by Crippen LogP contribution is -2.18. The van der Waals surface area contributed by atoms with Crippen molar-refractivity contribution < 1.29 is 8.83 Å². The second-order valence-electron chi connectivity index (χ2n) is 18.4. The van der Waals surface area contributed by atoms with Gasteiger partial charge in [-0.25, -0.2) is 0 Å². The largest absolute Gasteiger partial charge is 0.456 e.